The largest absolute Gasteiger partial charge is 0.416 e. The maximum Gasteiger partial charge on any atom is 0.416 e. The molecule has 2 rings (SSSR count). The second-order valence-electron chi connectivity index (χ2n) is 4.65. The van der Waals surface area contributed by atoms with Crippen LogP contribution < -0.4 is 4.90 Å². The molecule has 2 aromatic rings. The predicted molar refractivity (Wildman–Crippen MR) is 71.0 cm³/mol. The zero-order valence-electron chi connectivity index (χ0n) is 11.3. The standard InChI is InChI=1S/C15H11F6N/c1-22(12-6-2-10(3-7-12)14(16,17)18)13-8-4-11(5-9-13)15(19,20)21/h2-9H,1H3. The van der Waals surface area contributed by atoms with E-state index in [1.165, 1.54) is 29.2 Å². The Kier molecular flexibility index (Phi) is 4.08. The first kappa shape index (κ1) is 16.2. The van der Waals surface area contributed by atoms with Crippen LogP contribution in [-0.2, 0) is 12.4 Å². The molecule has 118 valence electrons. The molecule has 0 fully saturated rings. The van der Waals surface area contributed by atoms with E-state index in [9.17, 15) is 26.3 Å². The molecular formula is C15H11F6N. The Morgan fingerprint density at radius 3 is 1.09 bits per heavy atom. The van der Waals surface area contributed by atoms with Crippen LogP contribution in [0.25, 0.3) is 0 Å². The Morgan fingerprint density at radius 1 is 0.591 bits per heavy atom. The number of alkyl halides is 6. The van der Waals surface area contributed by atoms with Crippen LogP contribution in [0.4, 0.5) is 37.7 Å². The Bertz CT molecular complexity index is 568. The zero-order valence-corrected chi connectivity index (χ0v) is 11.3. The van der Waals surface area contributed by atoms with Gasteiger partial charge in [-0.05, 0) is 48.5 Å². The lowest BCUT2D eigenvalue weighted by molar-refractivity contribution is -0.138. The van der Waals surface area contributed by atoms with Crippen molar-refractivity contribution in [2.75, 3.05) is 11.9 Å². The van der Waals surface area contributed by atoms with Gasteiger partial charge in [0.1, 0.15) is 0 Å². The fourth-order valence-corrected chi connectivity index (χ4v) is 1.90. The summed E-state index contributed by atoms with van der Waals surface area (Å²) in [6.07, 6.45) is -8.85. The fourth-order valence-electron chi connectivity index (χ4n) is 1.90. The summed E-state index contributed by atoms with van der Waals surface area (Å²) in [5.74, 6) is 0. The Balaban J connectivity index is 2.23. The predicted octanol–water partition coefficient (Wildman–Crippen LogP) is 5.49. The van der Waals surface area contributed by atoms with Gasteiger partial charge >= 0.3 is 12.4 Å². The summed E-state index contributed by atoms with van der Waals surface area (Å²) in [6.45, 7) is 0. The zero-order chi connectivity index (χ0) is 16.5. The van der Waals surface area contributed by atoms with E-state index in [-0.39, 0.29) is 0 Å². The molecular weight excluding hydrogens is 308 g/mol. The number of nitrogens with zero attached hydrogens (tertiary/aromatic N) is 1. The molecule has 0 aliphatic heterocycles. The van der Waals surface area contributed by atoms with E-state index in [1.54, 1.807) is 7.05 Å². The van der Waals surface area contributed by atoms with Crippen molar-refractivity contribution in [1.29, 1.82) is 0 Å². The third-order valence-electron chi connectivity index (χ3n) is 3.16. The van der Waals surface area contributed by atoms with Crippen molar-refractivity contribution in [3.8, 4) is 0 Å². The van der Waals surface area contributed by atoms with Gasteiger partial charge in [-0.1, -0.05) is 0 Å². The van der Waals surface area contributed by atoms with Crippen molar-refractivity contribution >= 4 is 11.4 Å². The van der Waals surface area contributed by atoms with Crippen LogP contribution in [0, 0.1) is 0 Å². The minimum absolute atomic E-state index is 0.438. The van der Waals surface area contributed by atoms with E-state index < -0.39 is 23.5 Å². The molecule has 0 atom stereocenters. The lowest BCUT2D eigenvalue weighted by Crippen LogP contribution is -2.11. The monoisotopic (exact) mass is 319 g/mol. The highest BCUT2D eigenvalue weighted by Gasteiger charge is 2.31. The molecule has 1 nitrogen and oxygen atoms in total. The first-order valence-electron chi connectivity index (χ1n) is 6.17. The van der Waals surface area contributed by atoms with Gasteiger partial charge in [-0.3, -0.25) is 0 Å². The highest BCUT2D eigenvalue weighted by molar-refractivity contribution is 5.63. The van der Waals surface area contributed by atoms with Gasteiger partial charge in [0.25, 0.3) is 0 Å². The van der Waals surface area contributed by atoms with Crippen molar-refractivity contribution in [2.24, 2.45) is 0 Å². The summed E-state index contributed by atoms with van der Waals surface area (Å²) in [4.78, 5) is 1.50. The number of hydrogen-bond acceptors (Lipinski definition) is 1. The fraction of sp³-hybridized carbons (Fsp3) is 0.200. The van der Waals surface area contributed by atoms with Crippen molar-refractivity contribution in [2.45, 2.75) is 12.4 Å². The molecule has 0 unspecified atom stereocenters. The van der Waals surface area contributed by atoms with Crippen molar-refractivity contribution in [3.05, 3.63) is 59.7 Å². The smallest absolute Gasteiger partial charge is 0.345 e. The average Bonchev–Trinajstić information content (AvgIpc) is 2.45. The molecule has 0 aliphatic carbocycles. The lowest BCUT2D eigenvalue weighted by atomic mass is 10.1. The van der Waals surface area contributed by atoms with Gasteiger partial charge in [0, 0.05) is 18.4 Å². The van der Waals surface area contributed by atoms with E-state index in [0.717, 1.165) is 24.3 Å². The summed E-state index contributed by atoms with van der Waals surface area (Å²) in [6, 6.07) is 8.76. The van der Waals surface area contributed by atoms with Crippen molar-refractivity contribution in [1.82, 2.24) is 0 Å². The van der Waals surface area contributed by atoms with Crippen LogP contribution in [0.5, 0.6) is 0 Å². The van der Waals surface area contributed by atoms with E-state index in [1.807, 2.05) is 0 Å². The minimum atomic E-state index is -4.43. The third-order valence-corrected chi connectivity index (χ3v) is 3.16. The van der Waals surface area contributed by atoms with Crippen LogP contribution in [0.15, 0.2) is 48.5 Å². The summed E-state index contributed by atoms with van der Waals surface area (Å²) < 4.78 is 74.9. The molecule has 0 heterocycles. The Morgan fingerprint density at radius 2 is 0.864 bits per heavy atom. The van der Waals surface area contributed by atoms with Gasteiger partial charge in [-0.15, -0.1) is 0 Å². The summed E-state index contributed by atoms with van der Waals surface area (Å²) >= 11 is 0. The summed E-state index contributed by atoms with van der Waals surface area (Å²) in [5, 5.41) is 0. The Labute approximate surface area is 122 Å². The second kappa shape index (κ2) is 5.55. The first-order valence-corrected chi connectivity index (χ1v) is 6.17. The van der Waals surface area contributed by atoms with E-state index in [2.05, 4.69) is 0 Å². The van der Waals surface area contributed by atoms with E-state index in [0.29, 0.717) is 11.4 Å². The molecule has 0 spiro atoms. The van der Waals surface area contributed by atoms with Gasteiger partial charge in [-0.25, -0.2) is 0 Å². The molecule has 0 bridgehead atoms. The van der Waals surface area contributed by atoms with Crippen LogP contribution in [0.3, 0.4) is 0 Å². The quantitative estimate of drug-likeness (QED) is 0.661. The van der Waals surface area contributed by atoms with Crippen LogP contribution in [-0.4, -0.2) is 7.05 Å². The number of rotatable bonds is 2. The molecule has 0 saturated heterocycles. The SMILES string of the molecule is CN(c1ccc(C(F)(F)F)cc1)c1ccc(C(F)(F)F)cc1. The Hall–Kier alpha value is -2.18. The molecule has 7 heteroatoms. The molecule has 0 aromatic heterocycles. The molecule has 0 radical (unpaired) electrons. The number of halogens is 6. The maximum absolute atomic E-state index is 12.5. The van der Waals surface area contributed by atoms with Gasteiger partial charge < -0.3 is 4.90 Å². The minimum Gasteiger partial charge on any atom is -0.345 e. The van der Waals surface area contributed by atoms with E-state index in [4.69, 9.17) is 0 Å². The molecule has 22 heavy (non-hydrogen) atoms. The average molecular weight is 319 g/mol. The normalized spacial score (nSPS) is 12.3. The van der Waals surface area contributed by atoms with Gasteiger partial charge in [-0.2, -0.15) is 26.3 Å². The molecule has 0 saturated carbocycles. The van der Waals surface area contributed by atoms with Gasteiger partial charge in [0.15, 0.2) is 0 Å². The number of anilines is 2. The highest BCUT2D eigenvalue weighted by atomic mass is 19.4. The molecule has 2 aromatic carbocycles. The summed E-state index contributed by atoms with van der Waals surface area (Å²) in [5.41, 5.74) is -0.686. The third kappa shape index (κ3) is 3.52. The van der Waals surface area contributed by atoms with Crippen LogP contribution in [0.2, 0.25) is 0 Å². The van der Waals surface area contributed by atoms with Crippen LogP contribution in [0.1, 0.15) is 11.1 Å². The summed E-state index contributed by atoms with van der Waals surface area (Å²) in [7, 11) is 1.56. The number of hydrogen-bond donors (Lipinski definition) is 0. The topological polar surface area (TPSA) is 3.24 Å². The van der Waals surface area contributed by atoms with Crippen molar-refractivity contribution < 1.29 is 26.3 Å². The number of benzene rings is 2. The lowest BCUT2D eigenvalue weighted by Gasteiger charge is -2.20. The molecule has 0 amide bonds. The van der Waals surface area contributed by atoms with Gasteiger partial charge in [0.2, 0.25) is 0 Å². The van der Waals surface area contributed by atoms with Crippen molar-refractivity contribution in [3.63, 3.8) is 0 Å². The van der Waals surface area contributed by atoms with Gasteiger partial charge in [0.05, 0.1) is 11.1 Å². The van der Waals surface area contributed by atoms with E-state index >= 15 is 0 Å². The molecule has 0 aliphatic rings. The van der Waals surface area contributed by atoms with Crippen LogP contribution >= 0.6 is 0 Å². The highest BCUT2D eigenvalue weighted by Crippen LogP contribution is 2.33. The molecule has 0 N–H and O–H groups in total. The first-order chi connectivity index (χ1) is 10.1. The maximum atomic E-state index is 12.5. The second-order valence-corrected chi connectivity index (χ2v) is 4.65.